The number of benzene rings is 1. The Morgan fingerprint density at radius 2 is 2.36 bits per heavy atom. The van der Waals surface area contributed by atoms with E-state index >= 15 is 0 Å². The molecule has 0 amide bonds. The third kappa shape index (κ3) is 1.70. The van der Waals surface area contributed by atoms with E-state index in [0.29, 0.717) is 11.3 Å². The van der Waals surface area contributed by atoms with Gasteiger partial charge >= 0.3 is 5.97 Å². The molecule has 0 unspecified atom stereocenters. The lowest BCUT2D eigenvalue weighted by Crippen LogP contribution is -2.00. The van der Waals surface area contributed by atoms with Gasteiger partial charge in [-0.1, -0.05) is 0 Å². The van der Waals surface area contributed by atoms with E-state index in [1.165, 1.54) is 13.2 Å². The van der Waals surface area contributed by atoms with Gasteiger partial charge in [0.15, 0.2) is 0 Å². The molecule has 0 spiro atoms. The molecule has 57 valence electrons. The van der Waals surface area contributed by atoms with Gasteiger partial charge in [-0.2, -0.15) is 0 Å². The van der Waals surface area contributed by atoms with E-state index in [4.69, 9.17) is 5.73 Å². The van der Waals surface area contributed by atoms with Crippen LogP contribution in [0.4, 0.5) is 5.69 Å². The van der Waals surface area contributed by atoms with Gasteiger partial charge in [0.05, 0.1) is 12.7 Å². The lowest BCUT2D eigenvalue weighted by Gasteiger charge is -1.97. The number of ether oxygens (including phenoxy) is 1. The number of rotatable bonds is 1. The Labute approximate surface area is 64.8 Å². The van der Waals surface area contributed by atoms with Crippen LogP contribution in [0.25, 0.3) is 0 Å². The van der Waals surface area contributed by atoms with Crippen molar-refractivity contribution in [3.05, 3.63) is 29.8 Å². The zero-order chi connectivity index (χ0) is 8.27. The Balaban J connectivity index is 2.90. The Hall–Kier alpha value is -1.51. The zero-order valence-electron chi connectivity index (χ0n) is 6.13. The maximum Gasteiger partial charge on any atom is 0.338 e. The van der Waals surface area contributed by atoms with Crippen LogP contribution < -0.4 is 5.73 Å². The highest BCUT2D eigenvalue weighted by Gasteiger charge is 2.02. The van der Waals surface area contributed by atoms with Crippen LogP contribution in [0.5, 0.6) is 0 Å². The molecule has 1 rings (SSSR count). The maximum absolute atomic E-state index is 10.8. The van der Waals surface area contributed by atoms with E-state index in [1.807, 2.05) is 0 Å². The molecule has 1 aromatic rings. The number of nitrogen functional groups attached to an aromatic ring is 1. The second-order valence-electron chi connectivity index (χ2n) is 2.03. The fraction of sp³-hybridized carbons (Fsp3) is 0.125. The van der Waals surface area contributed by atoms with Crippen molar-refractivity contribution in [2.45, 2.75) is 0 Å². The predicted octanol–water partition coefficient (Wildman–Crippen LogP) is 0.856. The molecule has 3 nitrogen and oxygen atoms in total. The molecule has 0 fully saturated rings. The molecule has 11 heavy (non-hydrogen) atoms. The molecule has 0 saturated heterocycles. The SMILES string of the molecule is COC(=O)c1[c]cc(N)cc1. The summed E-state index contributed by atoms with van der Waals surface area (Å²) in [5.74, 6) is -0.398. The minimum atomic E-state index is -0.398. The average Bonchev–Trinajstić information content (AvgIpc) is 2.05. The first-order valence-corrected chi connectivity index (χ1v) is 3.09. The molecule has 0 aliphatic carbocycles. The average molecular weight is 150 g/mol. The molecule has 0 heterocycles. The van der Waals surface area contributed by atoms with Crippen LogP contribution >= 0.6 is 0 Å². The Morgan fingerprint density at radius 1 is 1.64 bits per heavy atom. The van der Waals surface area contributed by atoms with Gasteiger partial charge in [-0.15, -0.1) is 0 Å². The topological polar surface area (TPSA) is 52.3 Å². The smallest absolute Gasteiger partial charge is 0.338 e. The molecular weight excluding hydrogens is 142 g/mol. The quantitative estimate of drug-likeness (QED) is 0.477. The summed E-state index contributed by atoms with van der Waals surface area (Å²) >= 11 is 0. The van der Waals surface area contributed by atoms with Crippen molar-refractivity contribution in [1.29, 1.82) is 0 Å². The van der Waals surface area contributed by atoms with E-state index < -0.39 is 5.97 Å². The van der Waals surface area contributed by atoms with Crippen molar-refractivity contribution in [1.82, 2.24) is 0 Å². The molecule has 0 aliphatic heterocycles. The van der Waals surface area contributed by atoms with E-state index in [-0.39, 0.29) is 0 Å². The van der Waals surface area contributed by atoms with Gasteiger partial charge in [0.25, 0.3) is 0 Å². The standard InChI is InChI=1S/C8H8NO2/c1-11-8(10)6-2-4-7(9)5-3-6/h2,4-5H,9H2,1H3. The summed E-state index contributed by atoms with van der Waals surface area (Å²) in [6, 6.07) is 7.42. The number of methoxy groups -OCH3 is 1. The van der Waals surface area contributed by atoms with E-state index in [2.05, 4.69) is 10.8 Å². The first kappa shape index (κ1) is 7.60. The molecule has 0 bridgehead atoms. The van der Waals surface area contributed by atoms with Gasteiger partial charge in [-0.3, -0.25) is 0 Å². The number of esters is 1. The van der Waals surface area contributed by atoms with Gasteiger partial charge in [0.1, 0.15) is 0 Å². The molecular formula is C8H8NO2. The summed E-state index contributed by atoms with van der Waals surface area (Å²) in [4.78, 5) is 10.8. The number of carbonyl (C=O) groups excluding carboxylic acids is 1. The number of hydrogen-bond acceptors (Lipinski definition) is 3. The highest BCUT2D eigenvalue weighted by Crippen LogP contribution is 2.04. The molecule has 1 radical (unpaired) electrons. The fourth-order valence-electron chi connectivity index (χ4n) is 0.674. The minimum Gasteiger partial charge on any atom is -0.465 e. The van der Waals surface area contributed by atoms with E-state index in [1.54, 1.807) is 12.1 Å². The second kappa shape index (κ2) is 3.05. The van der Waals surface area contributed by atoms with Gasteiger partial charge in [-0.25, -0.2) is 4.79 Å². The van der Waals surface area contributed by atoms with E-state index in [0.717, 1.165) is 0 Å². The lowest BCUT2D eigenvalue weighted by atomic mass is 10.2. The third-order valence-electron chi connectivity index (χ3n) is 1.24. The van der Waals surface area contributed by atoms with Crippen LogP contribution in [0.3, 0.4) is 0 Å². The van der Waals surface area contributed by atoms with Gasteiger partial charge in [-0.05, 0) is 24.3 Å². The van der Waals surface area contributed by atoms with Crippen LogP contribution in [-0.4, -0.2) is 13.1 Å². The molecule has 2 N–H and O–H groups in total. The van der Waals surface area contributed by atoms with Crippen molar-refractivity contribution < 1.29 is 9.53 Å². The van der Waals surface area contributed by atoms with Crippen LogP contribution in [0.2, 0.25) is 0 Å². The minimum absolute atomic E-state index is 0.390. The number of nitrogens with two attached hydrogens (primary N) is 1. The summed E-state index contributed by atoms with van der Waals surface area (Å²) in [5.41, 5.74) is 6.36. The monoisotopic (exact) mass is 150 g/mol. The lowest BCUT2D eigenvalue weighted by molar-refractivity contribution is 0.0600. The largest absolute Gasteiger partial charge is 0.465 e. The van der Waals surface area contributed by atoms with E-state index in [9.17, 15) is 4.79 Å². The molecule has 0 atom stereocenters. The van der Waals surface area contributed by atoms with Crippen LogP contribution in [0, 0.1) is 6.07 Å². The fourth-order valence-corrected chi connectivity index (χ4v) is 0.674. The summed E-state index contributed by atoms with van der Waals surface area (Å²) in [7, 11) is 1.33. The van der Waals surface area contributed by atoms with Gasteiger partial charge in [0, 0.05) is 5.69 Å². The Bertz CT molecular complexity index is 253. The summed E-state index contributed by atoms with van der Waals surface area (Å²) in [5, 5.41) is 0. The summed E-state index contributed by atoms with van der Waals surface area (Å²) < 4.78 is 4.47. The number of hydrogen-bond donors (Lipinski definition) is 1. The number of carbonyl (C=O) groups is 1. The Morgan fingerprint density at radius 3 is 2.82 bits per heavy atom. The van der Waals surface area contributed by atoms with Crippen LogP contribution in [0.15, 0.2) is 18.2 Å². The summed E-state index contributed by atoms with van der Waals surface area (Å²) in [6.45, 7) is 0. The normalized spacial score (nSPS) is 9.18. The Kier molecular flexibility index (Phi) is 2.11. The van der Waals surface area contributed by atoms with Gasteiger partial charge in [0.2, 0.25) is 0 Å². The molecule has 1 aromatic carbocycles. The summed E-state index contributed by atoms with van der Waals surface area (Å²) in [6.07, 6.45) is 0. The van der Waals surface area contributed by atoms with Crippen molar-refractivity contribution in [2.75, 3.05) is 12.8 Å². The molecule has 0 aliphatic rings. The van der Waals surface area contributed by atoms with Crippen molar-refractivity contribution in [3.8, 4) is 0 Å². The highest BCUT2D eigenvalue weighted by molar-refractivity contribution is 5.89. The van der Waals surface area contributed by atoms with Crippen molar-refractivity contribution in [3.63, 3.8) is 0 Å². The third-order valence-corrected chi connectivity index (χ3v) is 1.24. The molecule has 0 aromatic heterocycles. The van der Waals surface area contributed by atoms with Gasteiger partial charge < -0.3 is 10.5 Å². The maximum atomic E-state index is 10.8. The number of anilines is 1. The first-order chi connectivity index (χ1) is 5.24. The zero-order valence-corrected chi connectivity index (χ0v) is 6.13. The van der Waals surface area contributed by atoms with Crippen LogP contribution in [-0.2, 0) is 4.74 Å². The van der Waals surface area contributed by atoms with Crippen LogP contribution in [0.1, 0.15) is 10.4 Å². The second-order valence-corrected chi connectivity index (χ2v) is 2.03. The highest BCUT2D eigenvalue weighted by atomic mass is 16.5. The first-order valence-electron chi connectivity index (χ1n) is 3.09. The van der Waals surface area contributed by atoms with Crippen molar-refractivity contribution >= 4 is 11.7 Å². The molecule has 0 saturated carbocycles. The predicted molar refractivity (Wildman–Crippen MR) is 41.0 cm³/mol. The molecule has 3 heteroatoms. The van der Waals surface area contributed by atoms with Crippen molar-refractivity contribution in [2.24, 2.45) is 0 Å².